The molecule has 14 heteroatoms. The maximum atomic E-state index is 13.3. The number of nitrogen functional groups attached to an aromatic ring is 1. The van der Waals surface area contributed by atoms with Crippen molar-refractivity contribution < 1.29 is 29.6 Å². The highest BCUT2D eigenvalue weighted by molar-refractivity contribution is 6.04. The summed E-state index contributed by atoms with van der Waals surface area (Å²) in [7, 11) is 0. The Bertz CT molecular complexity index is 1810. The average molecular weight is 675 g/mol. The first-order valence-corrected chi connectivity index (χ1v) is 16.3. The predicted octanol–water partition coefficient (Wildman–Crippen LogP) is 3.37. The number of likely N-dealkylation sites (N-methyl/N-ethyl adjacent to an activating group) is 1. The van der Waals surface area contributed by atoms with Crippen LogP contribution >= 0.6 is 0 Å². The Morgan fingerprint density at radius 3 is 2.20 bits per heavy atom. The first-order valence-electron chi connectivity index (χ1n) is 16.3. The summed E-state index contributed by atoms with van der Waals surface area (Å²) in [5.74, 6) is -0.241. The highest BCUT2D eigenvalue weighted by Crippen LogP contribution is 2.40. The normalized spacial score (nSPS) is 19.6. The summed E-state index contributed by atoms with van der Waals surface area (Å²) in [6.45, 7) is 14.6. The standard InChI is InChI=1S/C35H46N8O6/c1-8-37-31(48)27-25(45)26(46)32(49-27)43-17-39-23-28(36)41-33(42-29(23)43)38-14-13-18-9-11-20(12-10-18)40-30(47)19-15-21(34(2,3)4)24(44)22(16-19)35(5,6)7/h9-12,15-17,25-27,32,44-46H,8,13-14H2,1-7H3,(H,37,48)(H,40,47)(H3,36,38,41,42)/t25-,26+,27-,32+/m0/s1. The molecule has 0 bridgehead atoms. The molecule has 8 N–H and O–H groups in total. The second-order valence-corrected chi connectivity index (χ2v) is 14.3. The number of hydrogen-bond donors (Lipinski definition) is 7. The number of hydrogen-bond acceptors (Lipinski definition) is 11. The molecule has 0 aliphatic carbocycles. The second-order valence-electron chi connectivity index (χ2n) is 14.3. The highest BCUT2D eigenvalue weighted by Gasteiger charge is 2.47. The summed E-state index contributed by atoms with van der Waals surface area (Å²) in [4.78, 5) is 38.7. The number of carbonyl (C=O) groups is 2. The van der Waals surface area contributed by atoms with E-state index >= 15 is 0 Å². The zero-order valence-electron chi connectivity index (χ0n) is 28.9. The number of ether oxygens (including phenoxy) is 1. The van der Waals surface area contributed by atoms with Crippen molar-refractivity contribution in [2.24, 2.45) is 0 Å². The molecular formula is C35H46N8O6. The third-order valence-corrected chi connectivity index (χ3v) is 8.47. The first kappa shape index (κ1) is 35.5. The number of nitrogens with two attached hydrogens (primary N) is 1. The van der Waals surface area contributed by atoms with Crippen molar-refractivity contribution in [3.63, 3.8) is 0 Å². The van der Waals surface area contributed by atoms with Gasteiger partial charge in [0.05, 0.1) is 6.33 Å². The number of amides is 2. The minimum atomic E-state index is -1.44. The van der Waals surface area contributed by atoms with E-state index in [1.54, 1.807) is 19.1 Å². The summed E-state index contributed by atoms with van der Waals surface area (Å²) in [6.07, 6.45) is -3.26. The van der Waals surface area contributed by atoms with E-state index in [-0.39, 0.29) is 45.4 Å². The van der Waals surface area contributed by atoms with Crippen LogP contribution in [0.15, 0.2) is 42.7 Å². The molecule has 4 aromatic rings. The number of aliphatic hydroxyl groups excluding tert-OH is 2. The molecule has 0 unspecified atom stereocenters. The predicted molar refractivity (Wildman–Crippen MR) is 186 cm³/mol. The fourth-order valence-corrected chi connectivity index (χ4v) is 5.77. The van der Waals surface area contributed by atoms with Gasteiger partial charge in [-0.1, -0.05) is 53.7 Å². The number of nitrogens with one attached hydrogen (secondary N) is 3. The van der Waals surface area contributed by atoms with Gasteiger partial charge in [-0.3, -0.25) is 14.2 Å². The summed E-state index contributed by atoms with van der Waals surface area (Å²) in [6, 6.07) is 11.0. The number of nitrogens with zero attached hydrogens (tertiary/aromatic N) is 4. The number of fused-ring (bicyclic) bond motifs is 1. The van der Waals surface area contributed by atoms with Gasteiger partial charge in [0.15, 0.2) is 23.8 Å². The molecule has 2 aromatic carbocycles. The molecular weight excluding hydrogens is 628 g/mol. The van der Waals surface area contributed by atoms with Gasteiger partial charge in [0.1, 0.15) is 23.5 Å². The Morgan fingerprint density at radius 2 is 1.61 bits per heavy atom. The van der Waals surface area contributed by atoms with E-state index in [1.165, 1.54) is 10.9 Å². The van der Waals surface area contributed by atoms with E-state index < -0.39 is 30.4 Å². The van der Waals surface area contributed by atoms with Crippen LogP contribution in [0.1, 0.15) is 81.7 Å². The molecule has 0 radical (unpaired) electrons. The Balaban J connectivity index is 1.24. The van der Waals surface area contributed by atoms with Gasteiger partial charge in [0.25, 0.3) is 11.8 Å². The maximum Gasteiger partial charge on any atom is 0.255 e. The number of carbonyl (C=O) groups excluding carboxylic acids is 2. The Hall–Kier alpha value is -4.79. The topological polar surface area (TPSA) is 210 Å². The van der Waals surface area contributed by atoms with Gasteiger partial charge >= 0.3 is 0 Å². The fourth-order valence-electron chi connectivity index (χ4n) is 5.77. The van der Waals surface area contributed by atoms with Gasteiger partial charge in [-0.2, -0.15) is 9.97 Å². The van der Waals surface area contributed by atoms with E-state index in [2.05, 4.69) is 30.9 Å². The SMILES string of the molecule is CCNC(=O)[C@H]1O[C@@H](n2cnc3c(N)nc(NCCc4ccc(NC(=O)c5cc(C(C)(C)C)c(O)c(C(C)(C)C)c5)cc4)nc32)[C@H](O)[C@@H]1O. The van der Waals surface area contributed by atoms with Gasteiger partial charge in [-0.15, -0.1) is 0 Å². The minimum Gasteiger partial charge on any atom is -0.507 e. The van der Waals surface area contributed by atoms with Crippen LogP contribution < -0.4 is 21.7 Å². The number of aromatic nitrogens is 4. The van der Waals surface area contributed by atoms with Gasteiger partial charge in [-0.25, -0.2) is 4.98 Å². The molecule has 3 heterocycles. The lowest BCUT2D eigenvalue weighted by Gasteiger charge is -2.28. The fraction of sp³-hybridized carbons (Fsp3) is 0.457. The molecule has 2 aromatic heterocycles. The lowest BCUT2D eigenvalue weighted by molar-refractivity contribution is -0.137. The zero-order chi connectivity index (χ0) is 35.8. The van der Waals surface area contributed by atoms with Crippen molar-refractivity contribution in [3.05, 3.63) is 65.0 Å². The summed E-state index contributed by atoms with van der Waals surface area (Å²) in [5.41, 5.74) is 9.54. The van der Waals surface area contributed by atoms with E-state index in [0.29, 0.717) is 30.8 Å². The number of phenolic OH excluding ortho intramolecular Hbond substituents is 1. The van der Waals surface area contributed by atoms with Crippen LogP contribution in [0.4, 0.5) is 17.5 Å². The molecule has 1 saturated heterocycles. The number of imidazole rings is 1. The number of aliphatic hydroxyl groups is 2. The molecule has 49 heavy (non-hydrogen) atoms. The maximum absolute atomic E-state index is 13.3. The summed E-state index contributed by atoms with van der Waals surface area (Å²) in [5, 5.41) is 40.8. The van der Waals surface area contributed by atoms with Crippen LogP contribution in [0.5, 0.6) is 5.75 Å². The van der Waals surface area contributed by atoms with E-state index in [9.17, 15) is 24.9 Å². The highest BCUT2D eigenvalue weighted by atomic mass is 16.6. The molecule has 262 valence electrons. The van der Waals surface area contributed by atoms with Crippen molar-refractivity contribution in [1.82, 2.24) is 24.8 Å². The van der Waals surface area contributed by atoms with E-state index in [0.717, 1.165) is 16.7 Å². The van der Waals surface area contributed by atoms with Crippen LogP contribution in [0, 0.1) is 0 Å². The first-order chi connectivity index (χ1) is 23.0. The number of anilines is 3. The molecule has 2 amide bonds. The van der Waals surface area contributed by atoms with E-state index in [4.69, 9.17) is 10.5 Å². The molecule has 5 rings (SSSR count). The van der Waals surface area contributed by atoms with Crippen molar-refractivity contribution in [1.29, 1.82) is 0 Å². The van der Waals surface area contributed by atoms with Crippen LogP contribution in [0.3, 0.4) is 0 Å². The van der Waals surface area contributed by atoms with Crippen LogP contribution in [0.2, 0.25) is 0 Å². The average Bonchev–Trinajstić information content (AvgIpc) is 3.57. The lowest BCUT2D eigenvalue weighted by atomic mass is 9.78. The molecule has 0 saturated carbocycles. The van der Waals surface area contributed by atoms with Crippen molar-refractivity contribution in [2.45, 2.75) is 90.3 Å². The van der Waals surface area contributed by atoms with Gasteiger partial charge in [0.2, 0.25) is 5.95 Å². The monoisotopic (exact) mass is 674 g/mol. The smallest absolute Gasteiger partial charge is 0.255 e. The minimum absolute atomic E-state index is 0.109. The third-order valence-electron chi connectivity index (χ3n) is 8.47. The number of rotatable bonds is 9. The quantitative estimate of drug-likeness (QED) is 0.137. The van der Waals surface area contributed by atoms with Crippen LogP contribution in [-0.2, 0) is 26.8 Å². The molecule has 0 spiro atoms. The molecule has 14 nitrogen and oxygen atoms in total. The second kappa shape index (κ2) is 13.6. The van der Waals surface area contributed by atoms with Crippen molar-refractivity contribution in [3.8, 4) is 5.75 Å². The lowest BCUT2D eigenvalue weighted by Crippen LogP contribution is -2.42. The van der Waals surface area contributed by atoms with Crippen LogP contribution in [0.25, 0.3) is 11.2 Å². The zero-order valence-corrected chi connectivity index (χ0v) is 28.9. The molecule has 1 fully saturated rings. The number of aromatic hydroxyl groups is 1. The Kier molecular flexibility index (Phi) is 9.86. The summed E-state index contributed by atoms with van der Waals surface area (Å²) < 4.78 is 7.15. The molecule has 1 aliphatic rings. The molecule has 1 aliphatic heterocycles. The van der Waals surface area contributed by atoms with Crippen LogP contribution in [-0.4, -0.2) is 78.1 Å². The number of benzene rings is 2. The number of phenols is 1. The Labute approximate surface area is 285 Å². The largest absolute Gasteiger partial charge is 0.507 e. The van der Waals surface area contributed by atoms with E-state index in [1.807, 2.05) is 65.8 Å². The summed E-state index contributed by atoms with van der Waals surface area (Å²) >= 11 is 0. The Morgan fingerprint density at radius 1 is 0.980 bits per heavy atom. The van der Waals surface area contributed by atoms with Gasteiger partial charge in [-0.05, 0) is 54.0 Å². The third kappa shape index (κ3) is 7.46. The van der Waals surface area contributed by atoms with Crippen molar-refractivity contribution in [2.75, 3.05) is 29.5 Å². The molecule has 4 atom stereocenters. The van der Waals surface area contributed by atoms with Crippen molar-refractivity contribution >= 4 is 40.4 Å². The van der Waals surface area contributed by atoms with Gasteiger partial charge < -0.3 is 41.7 Å². The van der Waals surface area contributed by atoms with Gasteiger partial charge in [0, 0.05) is 35.5 Å².